The molecule has 1 aliphatic carbocycles. The van der Waals surface area contributed by atoms with Crippen LogP contribution in [0.2, 0.25) is 0 Å². The minimum absolute atomic E-state index is 0.201. The van der Waals surface area contributed by atoms with Gasteiger partial charge in [0.1, 0.15) is 0 Å². The summed E-state index contributed by atoms with van der Waals surface area (Å²) in [5.41, 5.74) is 10.6. The predicted molar refractivity (Wildman–Crippen MR) is 94.1 cm³/mol. The molecule has 1 saturated heterocycles. The highest BCUT2D eigenvalue weighted by atomic mass is 16.1. The van der Waals surface area contributed by atoms with E-state index in [-0.39, 0.29) is 11.4 Å². The molecule has 3 heteroatoms. The molecule has 0 saturated carbocycles. The van der Waals surface area contributed by atoms with E-state index >= 15 is 0 Å². The number of likely N-dealkylation sites (N-methyl/N-ethyl adjacent to an activating group) is 1. The van der Waals surface area contributed by atoms with Crippen molar-refractivity contribution in [1.82, 2.24) is 4.90 Å². The maximum atomic E-state index is 10.9. The molecule has 0 aromatic heterocycles. The predicted octanol–water partition coefficient (Wildman–Crippen LogP) is 3.21. The summed E-state index contributed by atoms with van der Waals surface area (Å²) in [7, 11) is 1.94. The van der Waals surface area contributed by atoms with Gasteiger partial charge in [0.2, 0.25) is 5.91 Å². The summed E-state index contributed by atoms with van der Waals surface area (Å²) in [6.07, 6.45) is 3.08. The lowest BCUT2D eigenvalue weighted by Gasteiger charge is -2.28. The lowest BCUT2D eigenvalue weighted by Crippen LogP contribution is -2.49. The first kappa shape index (κ1) is 15.8. The van der Waals surface area contributed by atoms with Gasteiger partial charge in [-0.2, -0.15) is 0 Å². The van der Waals surface area contributed by atoms with E-state index in [0.717, 1.165) is 25.8 Å². The molecule has 2 aromatic carbocycles. The van der Waals surface area contributed by atoms with E-state index < -0.39 is 0 Å². The van der Waals surface area contributed by atoms with Crippen LogP contribution >= 0.6 is 0 Å². The topological polar surface area (TPSA) is 46.3 Å². The third-order valence-electron chi connectivity index (χ3n) is 5.24. The van der Waals surface area contributed by atoms with Crippen molar-refractivity contribution in [2.75, 3.05) is 13.6 Å². The lowest BCUT2D eigenvalue weighted by molar-refractivity contribution is -0.126. The molecule has 1 heterocycles. The van der Waals surface area contributed by atoms with Crippen LogP contribution in [0, 0.1) is 0 Å². The Bertz CT molecular complexity index is 682. The molecule has 0 radical (unpaired) electrons. The molecule has 1 unspecified atom stereocenters. The van der Waals surface area contributed by atoms with Gasteiger partial charge in [-0.25, -0.2) is 0 Å². The molecular weight excluding hydrogens is 284 g/mol. The van der Waals surface area contributed by atoms with Crippen molar-refractivity contribution in [1.29, 1.82) is 0 Å². The Morgan fingerprint density at radius 1 is 1.04 bits per heavy atom. The molecular formula is C20H24N2O. The number of nitrogens with two attached hydrogens (primary N) is 1. The molecule has 1 amide bonds. The average molecular weight is 308 g/mol. The van der Waals surface area contributed by atoms with Gasteiger partial charge in [-0.3, -0.25) is 9.69 Å². The number of benzene rings is 2. The van der Waals surface area contributed by atoms with E-state index in [2.05, 4.69) is 48.5 Å². The van der Waals surface area contributed by atoms with Crippen LogP contribution in [0.4, 0.5) is 0 Å². The van der Waals surface area contributed by atoms with Crippen molar-refractivity contribution in [3.8, 4) is 11.1 Å². The second kappa shape index (κ2) is 6.17. The third-order valence-corrected chi connectivity index (χ3v) is 5.24. The standard InChI is InChI=1S/C13H10.C7H14N2O/c1-3-7-12-10(5-1)9-11-6-2-4-8-13(11)12;1-7(6(8)10)4-3-5-9(7)2/h1-8H,9H2;3-5H2,1-2H3,(H2,8,10). The number of primary amides is 1. The van der Waals surface area contributed by atoms with E-state index in [1.807, 2.05) is 18.9 Å². The van der Waals surface area contributed by atoms with Gasteiger partial charge in [0.05, 0.1) is 5.54 Å². The zero-order chi connectivity index (χ0) is 16.4. The number of amides is 1. The SMILES string of the molecule is CN1CCCC1(C)C(N)=O.c1ccc2c(c1)Cc1ccccc1-2. The van der Waals surface area contributed by atoms with Crippen LogP contribution < -0.4 is 5.73 Å². The summed E-state index contributed by atoms with van der Waals surface area (Å²) < 4.78 is 0. The summed E-state index contributed by atoms with van der Waals surface area (Å²) in [5.74, 6) is -0.201. The Morgan fingerprint density at radius 3 is 1.96 bits per heavy atom. The molecule has 1 atom stereocenters. The third kappa shape index (κ3) is 2.89. The zero-order valence-electron chi connectivity index (χ0n) is 13.9. The monoisotopic (exact) mass is 308 g/mol. The largest absolute Gasteiger partial charge is 0.368 e. The van der Waals surface area contributed by atoms with E-state index in [1.165, 1.54) is 22.3 Å². The number of hydrogen-bond acceptors (Lipinski definition) is 2. The summed E-state index contributed by atoms with van der Waals surface area (Å²) in [4.78, 5) is 12.9. The van der Waals surface area contributed by atoms with Crippen LogP contribution in [0.1, 0.15) is 30.9 Å². The molecule has 4 rings (SSSR count). The van der Waals surface area contributed by atoms with Gasteiger partial charge in [-0.15, -0.1) is 0 Å². The Hall–Kier alpha value is -2.13. The molecule has 23 heavy (non-hydrogen) atoms. The Morgan fingerprint density at radius 2 is 1.57 bits per heavy atom. The molecule has 1 fully saturated rings. The first-order chi connectivity index (χ1) is 11.0. The van der Waals surface area contributed by atoms with Crippen LogP contribution in [-0.2, 0) is 11.2 Å². The molecule has 2 aliphatic rings. The number of fused-ring (bicyclic) bond motifs is 3. The molecule has 0 bridgehead atoms. The van der Waals surface area contributed by atoms with Crippen molar-refractivity contribution >= 4 is 5.91 Å². The highest BCUT2D eigenvalue weighted by molar-refractivity contribution is 5.84. The quantitative estimate of drug-likeness (QED) is 0.750. The summed E-state index contributed by atoms with van der Waals surface area (Å²) in [6.45, 7) is 2.89. The summed E-state index contributed by atoms with van der Waals surface area (Å²) in [6, 6.07) is 17.3. The van der Waals surface area contributed by atoms with Crippen molar-refractivity contribution in [2.45, 2.75) is 31.7 Å². The van der Waals surface area contributed by atoms with E-state index in [0.29, 0.717) is 0 Å². The zero-order valence-corrected chi connectivity index (χ0v) is 13.9. The average Bonchev–Trinajstić information content (AvgIpc) is 3.09. The summed E-state index contributed by atoms with van der Waals surface area (Å²) >= 11 is 0. The number of carbonyl (C=O) groups excluding carboxylic acids is 1. The van der Waals surface area contributed by atoms with Gasteiger partial charge < -0.3 is 5.73 Å². The molecule has 3 nitrogen and oxygen atoms in total. The van der Waals surface area contributed by atoms with Crippen molar-refractivity contribution in [3.63, 3.8) is 0 Å². The number of rotatable bonds is 1. The first-order valence-electron chi connectivity index (χ1n) is 8.20. The second-order valence-electron chi connectivity index (χ2n) is 6.65. The minimum atomic E-state index is -0.375. The fourth-order valence-corrected chi connectivity index (χ4v) is 3.49. The molecule has 2 N–H and O–H groups in total. The molecule has 1 aliphatic heterocycles. The first-order valence-corrected chi connectivity index (χ1v) is 8.20. The fraction of sp³-hybridized carbons (Fsp3) is 0.350. The van der Waals surface area contributed by atoms with Gasteiger partial charge in [-0.1, -0.05) is 48.5 Å². The van der Waals surface area contributed by atoms with Gasteiger partial charge in [0.25, 0.3) is 0 Å². The van der Waals surface area contributed by atoms with Gasteiger partial charge in [-0.05, 0) is 62.0 Å². The minimum Gasteiger partial charge on any atom is -0.368 e. The Balaban J connectivity index is 0.000000142. The maximum Gasteiger partial charge on any atom is 0.237 e. The molecule has 2 aromatic rings. The maximum absolute atomic E-state index is 10.9. The van der Waals surface area contributed by atoms with Crippen molar-refractivity contribution in [2.24, 2.45) is 5.73 Å². The lowest BCUT2D eigenvalue weighted by atomic mass is 9.99. The fourth-order valence-electron chi connectivity index (χ4n) is 3.49. The number of hydrogen-bond donors (Lipinski definition) is 1. The molecule has 0 spiro atoms. The van der Waals surface area contributed by atoms with Crippen LogP contribution in [0.3, 0.4) is 0 Å². The van der Waals surface area contributed by atoms with Crippen LogP contribution in [-0.4, -0.2) is 29.9 Å². The van der Waals surface area contributed by atoms with Crippen LogP contribution in [0.15, 0.2) is 48.5 Å². The number of likely N-dealkylation sites (tertiary alicyclic amines) is 1. The number of nitrogens with zero attached hydrogens (tertiary/aromatic N) is 1. The van der Waals surface area contributed by atoms with Crippen LogP contribution in [0.25, 0.3) is 11.1 Å². The normalized spacial score (nSPS) is 22.0. The Kier molecular flexibility index (Phi) is 4.22. The highest BCUT2D eigenvalue weighted by Crippen LogP contribution is 2.35. The van der Waals surface area contributed by atoms with Crippen LogP contribution in [0.5, 0.6) is 0 Å². The highest BCUT2D eigenvalue weighted by Gasteiger charge is 2.39. The van der Waals surface area contributed by atoms with Gasteiger partial charge in [0.15, 0.2) is 0 Å². The van der Waals surface area contributed by atoms with Gasteiger partial charge >= 0.3 is 0 Å². The number of carbonyl (C=O) groups is 1. The van der Waals surface area contributed by atoms with Crippen molar-refractivity contribution < 1.29 is 4.79 Å². The van der Waals surface area contributed by atoms with Crippen molar-refractivity contribution in [3.05, 3.63) is 59.7 Å². The van der Waals surface area contributed by atoms with E-state index in [9.17, 15) is 4.79 Å². The smallest absolute Gasteiger partial charge is 0.237 e. The summed E-state index contributed by atoms with van der Waals surface area (Å²) in [5, 5.41) is 0. The Labute approximate surface area is 138 Å². The van der Waals surface area contributed by atoms with E-state index in [1.54, 1.807) is 0 Å². The van der Waals surface area contributed by atoms with Gasteiger partial charge in [0, 0.05) is 0 Å². The second-order valence-corrected chi connectivity index (χ2v) is 6.65. The molecule has 120 valence electrons. The van der Waals surface area contributed by atoms with E-state index in [4.69, 9.17) is 5.73 Å².